The number of benzene rings is 1. The molecule has 1 N–H and O–H groups in total. The van der Waals surface area contributed by atoms with Crippen molar-refractivity contribution in [3.8, 4) is 0 Å². The maximum atomic E-state index is 12.0. The Bertz CT molecular complexity index is 905. The second-order valence-electron chi connectivity index (χ2n) is 6.05. The molecular weight excluding hydrogens is 354 g/mol. The van der Waals surface area contributed by atoms with Crippen LogP contribution in [0, 0.1) is 6.92 Å². The molecule has 25 heavy (non-hydrogen) atoms. The number of thioether (sulfide) groups is 1. The monoisotopic (exact) mass is 371 g/mol. The SMILES string of the molecule is Cc1ccc2cc(C=C3SC(=S)NC3=O)c(N3CCOCC3)nc2c1. The second-order valence-corrected chi connectivity index (χ2v) is 7.77. The zero-order valence-electron chi connectivity index (χ0n) is 13.7. The summed E-state index contributed by atoms with van der Waals surface area (Å²) in [4.78, 5) is 19.8. The van der Waals surface area contributed by atoms with Crippen molar-refractivity contribution in [1.82, 2.24) is 10.3 Å². The van der Waals surface area contributed by atoms with Crippen LogP contribution in [0.25, 0.3) is 17.0 Å². The number of rotatable bonds is 2. The number of fused-ring (bicyclic) bond motifs is 1. The summed E-state index contributed by atoms with van der Waals surface area (Å²) in [6.07, 6.45) is 1.89. The smallest absolute Gasteiger partial charge is 0.263 e. The Morgan fingerprint density at radius 1 is 1.32 bits per heavy atom. The predicted molar refractivity (Wildman–Crippen MR) is 106 cm³/mol. The van der Waals surface area contributed by atoms with Gasteiger partial charge in [0.25, 0.3) is 5.91 Å². The summed E-state index contributed by atoms with van der Waals surface area (Å²) in [6, 6.07) is 8.31. The van der Waals surface area contributed by atoms with Crippen LogP contribution in [0.4, 0.5) is 5.82 Å². The van der Waals surface area contributed by atoms with Gasteiger partial charge in [0.05, 0.1) is 23.6 Å². The van der Waals surface area contributed by atoms with Crippen LogP contribution in [0.15, 0.2) is 29.2 Å². The first-order valence-electron chi connectivity index (χ1n) is 8.09. The van der Waals surface area contributed by atoms with E-state index in [4.69, 9.17) is 21.9 Å². The average Bonchev–Trinajstić information content (AvgIpc) is 2.92. The van der Waals surface area contributed by atoms with E-state index in [0.29, 0.717) is 22.4 Å². The number of aryl methyl sites for hydroxylation is 1. The van der Waals surface area contributed by atoms with Gasteiger partial charge in [-0.2, -0.15) is 0 Å². The number of hydrogen-bond acceptors (Lipinski definition) is 6. The number of ether oxygens (including phenoxy) is 1. The Morgan fingerprint density at radius 2 is 2.12 bits per heavy atom. The number of carbonyl (C=O) groups is 1. The first-order valence-corrected chi connectivity index (χ1v) is 9.31. The molecule has 4 rings (SSSR count). The van der Waals surface area contributed by atoms with Gasteiger partial charge < -0.3 is 15.0 Å². The van der Waals surface area contributed by atoms with E-state index in [-0.39, 0.29) is 5.91 Å². The third-order valence-corrected chi connectivity index (χ3v) is 5.38. The average molecular weight is 371 g/mol. The molecule has 0 aliphatic carbocycles. The van der Waals surface area contributed by atoms with Crippen LogP contribution >= 0.6 is 24.0 Å². The van der Waals surface area contributed by atoms with Gasteiger partial charge in [0.2, 0.25) is 0 Å². The molecular formula is C18H17N3O2S2. The fourth-order valence-corrected chi connectivity index (χ4v) is 4.02. The van der Waals surface area contributed by atoms with Crippen LogP contribution in [0.1, 0.15) is 11.1 Å². The van der Waals surface area contributed by atoms with Crippen molar-refractivity contribution in [1.29, 1.82) is 0 Å². The lowest BCUT2D eigenvalue weighted by Gasteiger charge is -2.29. The molecule has 7 heteroatoms. The number of thiocarbonyl (C=S) groups is 1. The number of pyridine rings is 1. The Balaban J connectivity index is 1.85. The van der Waals surface area contributed by atoms with Crippen molar-refractivity contribution in [3.63, 3.8) is 0 Å². The highest BCUT2D eigenvalue weighted by Crippen LogP contribution is 2.31. The number of morpholine rings is 1. The minimum absolute atomic E-state index is 0.146. The minimum atomic E-state index is -0.146. The predicted octanol–water partition coefficient (Wildman–Crippen LogP) is 2.87. The summed E-state index contributed by atoms with van der Waals surface area (Å²) in [5, 5.41) is 3.72. The van der Waals surface area contributed by atoms with Crippen molar-refractivity contribution < 1.29 is 9.53 Å². The lowest BCUT2D eigenvalue weighted by atomic mass is 10.1. The van der Waals surface area contributed by atoms with E-state index in [1.54, 1.807) is 0 Å². The van der Waals surface area contributed by atoms with Crippen LogP contribution in [-0.4, -0.2) is 41.5 Å². The third-order valence-electron chi connectivity index (χ3n) is 4.22. The summed E-state index contributed by atoms with van der Waals surface area (Å²) in [6.45, 7) is 5.01. The fraction of sp³-hybridized carbons (Fsp3) is 0.278. The van der Waals surface area contributed by atoms with E-state index in [9.17, 15) is 4.79 Å². The largest absolute Gasteiger partial charge is 0.378 e. The molecule has 0 spiro atoms. The van der Waals surface area contributed by atoms with Crippen molar-refractivity contribution in [3.05, 3.63) is 40.3 Å². The molecule has 2 aromatic rings. The maximum Gasteiger partial charge on any atom is 0.263 e. The summed E-state index contributed by atoms with van der Waals surface area (Å²) in [5.74, 6) is 0.743. The second kappa shape index (κ2) is 6.74. The van der Waals surface area contributed by atoms with Gasteiger partial charge in [0.1, 0.15) is 10.1 Å². The van der Waals surface area contributed by atoms with E-state index in [2.05, 4.69) is 41.4 Å². The van der Waals surface area contributed by atoms with Crippen molar-refractivity contribution in [2.45, 2.75) is 6.92 Å². The van der Waals surface area contributed by atoms with E-state index in [1.807, 2.05) is 6.08 Å². The highest BCUT2D eigenvalue weighted by molar-refractivity contribution is 8.26. The quantitative estimate of drug-likeness (QED) is 0.647. The molecule has 2 saturated heterocycles. The first-order chi connectivity index (χ1) is 12.1. The van der Waals surface area contributed by atoms with Gasteiger partial charge in [-0.05, 0) is 30.7 Å². The van der Waals surface area contributed by atoms with E-state index >= 15 is 0 Å². The molecule has 2 fully saturated rings. The molecule has 1 amide bonds. The Morgan fingerprint density at radius 3 is 2.84 bits per heavy atom. The van der Waals surface area contributed by atoms with Crippen LogP contribution in [0.3, 0.4) is 0 Å². The minimum Gasteiger partial charge on any atom is -0.378 e. The molecule has 2 aliphatic rings. The van der Waals surface area contributed by atoms with E-state index < -0.39 is 0 Å². The zero-order valence-corrected chi connectivity index (χ0v) is 15.4. The van der Waals surface area contributed by atoms with Gasteiger partial charge in [0, 0.05) is 24.0 Å². The number of hydrogen-bond donors (Lipinski definition) is 1. The maximum absolute atomic E-state index is 12.0. The summed E-state index contributed by atoms with van der Waals surface area (Å²) in [7, 11) is 0. The van der Waals surface area contributed by atoms with E-state index in [1.165, 1.54) is 17.3 Å². The summed E-state index contributed by atoms with van der Waals surface area (Å²) < 4.78 is 5.96. The van der Waals surface area contributed by atoms with Gasteiger partial charge in [-0.3, -0.25) is 4.79 Å². The van der Waals surface area contributed by atoms with Gasteiger partial charge >= 0.3 is 0 Å². The molecule has 1 aromatic carbocycles. The number of carbonyl (C=O) groups excluding carboxylic acids is 1. The summed E-state index contributed by atoms with van der Waals surface area (Å²) >= 11 is 6.38. The highest BCUT2D eigenvalue weighted by atomic mass is 32.2. The van der Waals surface area contributed by atoms with E-state index in [0.717, 1.165) is 35.4 Å². The first kappa shape index (κ1) is 16.5. The molecule has 1 aromatic heterocycles. The highest BCUT2D eigenvalue weighted by Gasteiger charge is 2.24. The molecule has 3 heterocycles. The third kappa shape index (κ3) is 3.40. The van der Waals surface area contributed by atoms with Gasteiger partial charge in [0.15, 0.2) is 0 Å². The Hall–Kier alpha value is -1.96. The lowest BCUT2D eigenvalue weighted by Crippen LogP contribution is -2.37. The van der Waals surface area contributed by atoms with Crippen molar-refractivity contribution in [2.24, 2.45) is 0 Å². The fourth-order valence-electron chi connectivity index (χ4n) is 2.98. The van der Waals surface area contributed by atoms with Gasteiger partial charge in [-0.15, -0.1) is 0 Å². The van der Waals surface area contributed by atoms with Crippen LogP contribution in [-0.2, 0) is 9.53 Å². The normalized spacial score (nSPS) is 19.7. The zero-order chi connectivity index (χ0) is 17.4. The molecule has 0 radical (unpaired) electrons. The number of amides is 1. The standard InChI is InChI=1S/C18H17N3O2S2/c1-11-2-3-12-9-13(10-15-17(22)20-18(24)25-15)16(19-14(12)8-11)21-4-6-23-7-5-21/h2-3,8-10H,4-7H2,1H3,(H,20,22,24). The summed E-state index contributed by atoms with van der Waals surface area (Å²) in [5.41, 5.74) is 3.07. The Kier molecular flexibility index (Phi) is 4.45. The molecule has 5 nitrogen and oxygen atoms in total. The number of nitrogens with zero attached hydrogens (tertiary/aromatic N) is 2. The van der Waals surface area contributed by atoms with Gasteiger partial charge in [-0.1, -0.05) is 36.1 Å². The van der Waals surface area contributed by atoms with Crippen LogP contribution < -0.4 is 10.2 Å². The van der Waals surface area contributed by atoms with Gasteiger partial charge in [-0.25, -0.2) is 4.98 Å². The molecule has 0 saturated carbocycles. The van der Waals surface area contributed by atoms with Crippen molar-refractivity contribution in [2.75, 3.05) is 31.2 Å². The molecule has 128 valence electrons. The molecule has 0 atom stereocenters. The molecule has 2 aliphatic heterocycles. The topological polar surface area (TPSA) is 54.5 Å². The van der Waals surface area contributed by atoms with Crippen LogP contribution in [0.2, 0.25) is 0 Å². The Labute approximate surface area is 155 Å². The lowest BCUT2D eigenvalue weighted by molar-refractivity contribution is -0.115. The number of anilines is 1. The number of nitrogens with one attached hydrogen (secondary N) is 1. The number of aromatic nitrogens is 1. The van der Waals surface area contributed by atoms with Crippen LogP contribution in [0.5, 0.6) is 0 Å². The van der Waals surface area contributed by atoms with Crippen molar-refractivity contribution >= 4 is 57.0 Å². The molecule has 0 unspecified atom stereocenters. The molecule has 0 bridgehead atoms.